The summed E-state index contributed by atoms with van der Waals surface area (Å²) in [6.45, 7) is 3.21. The van der Waals surface area contributed by atoms with Gasteiger partial charge < -0.3 is 9.47 Å². The van der Waals surface area contributed by atoms with Crippen LogP contribution in [0.25, 0.3) is 0 Å². The minimum Gasteiger partial charge on any atom is -0.493 e. The molecular weight excluding hydrogens is 462 g/mol. The quantitative estimate of drug-likeness (QED) is 0.366. The lowest BCUT2D eigenvalue weighted by molar-refractivity contribution is -0.119. The summed E-state index contributed by atoms with van der Waals surface area (Å²) < 4.78 is 38.6. The molecule has 2 aromatic carbocycles. The van der Waals surface area contributed by atoms with Gasteiger partial charge in [-0.25, -0.2) is 13.8 Å². The summed E-state index contributed by atoms with van der Waals surface area (Å²) in [7, 11) is -1.22. The van der Waals surface area contributed by atoms with Gasteiger partial charge in [0.2, 0.25) is 0 Å². The lowest BCUT2D eigenvalue weighted by Gasteiger charge is -2.24. The van der Waals surface area contributed by atoms with Crippen molar-refractivity contribution in [2.75, 3.05) is 25.1 Å². The number of nitrogens with zero attached hydrogens (tertiary/aromatic N) is 2. The maximum atomic E-state index is 13.6. The summed E-state index contributed by atoms with van der Waals surface area (Å²) >= 11 is 1.49. The fourth-order valence-electron chi connectivity index (χ4n) is 2.98. The third kappa shape index (κ3) is 5.71. The van der Waals surface area contributed by atoms with Gasteiger partial charge in [-0.15, -0.1) is 11.3 Å². The summed E-state index contributed by atoms with van der Waals surface area (Å²) in [6, 6.07) is 14.9. The van der Waals surface area contributed by atoms with Gasteiger partial charge in [0.25, 0.3) is 15.9 Å². The van der Waals surface area contributed by atoms with Crippen LogP contribution in [-0.2, 0) is 14.8 Å². The van der Waals surface area contributed by atoms with Crippen molar-refractivity contribution in [3.8, 4) is 11.5 Å². The molecule has 8 nitrogen and oxygen atoms in total. The van der Waals surface area contributed by atoms with Crippen LogP contribution in [0.15, 0.2) is 70.0 Å². The second kappa shape index (κ2) is 10.5. The number of anilines is 1. The van der Waals surface area contributed by atoms with Crippen LogP contribution >= 0.6 is 11.3 Å². The summed E-state index contributed by atoms with van der Waals surface area (Å²) in [5.74, 6) is 0.0908. The number of carbonyl (C=O) groups is 1. The molecule has 1 amide bonds. The molecule has 0 atom stereocenters. The molecule has 1 aromatic heterocycles. The number of hydrogen-bond donors (Lipinski definition) is 1. The predicted octanol–water partition coefficient (Wildman–Crippen LogP) is 3.81. The van der Waals surface area contributed by atoms with Crippen molar-refractivity contribution < 1.29 is 22.7 Å². The second-order valence-electron chi connectivity index (χ2n) is 7.07. The molecule has 1 heterocycles. The monoisotopic (exact) mass is 487 g/mol. The molecule has 0 spiro atoms. The Kier molecular flexibility index (Phi) is 7.72. The van der Waals surface area contributed by atoms with E-state index in [0.717, 1.165) is 14.7 Å². The van der Waals surface area contributed by atoms with Crippen LogP contribution in [0.4, 0.5) is 5.69 Å². The van der Waals surface area contributed by atoms with Crippen LogP contribution in [0.2, 0.25) is 0 Å². The highest BCUT2D eigenvalue weighted by Crippen LogP contribution is 2.32. The lowest BCUT2D eigenvalue weighted by atomic mass is 10.2. The highest BCUT2D eigenvalue weighted by atomic mass is 32.2. The number of amides is 1. The zero-order valence-corrected chi connectivity index (χ0v) is 20.4. The van der Waals surface area contributed by atoms with Gasteiger partial charge in [0.05, 0.1) is 30.5 Å². The van der Waals surface area contributed by atoms with Gasteiger partial charge in [-0.2, -0.15) is 5.10 Å². The van der Waals surface area contributed by atoms with E-state index < -0.39 is 22.5 Å². The van der Waals surface area contributed by atoms with Gasteiger partial charge in [-0.1, -0.05) is 23.8 Å². The average molecular weight is 488 g/mol. The molecule has 33 heavy (non-hydrogen) atoms. The molecule has 0 aliphatic heterocycles. The van der Waals surface area contributed by atoms with Gasteiger partial charge >= 0.3 is 0 Å². The number of methoxy groups -OCH3 is 2. The third-order valence-electron chi connectivity index (χ3n) is 4.78. The molecule has 3 aromatic rings. The number of rotatable bonds is 9. The summed E-state index contributed by atoms with van der Waals surface area (Å²) in [5, 5.41) is 6.01. The topological polar surface area (TPSA) is 97.3 Å². The number of benzene rings is 2. The highest BCUT2D eigenvalue weighted by molar-refractivity contribution is 7.92. The summed E-state index contributed by atoms with van der Waals surface area (Å²) in [4.78, 5) is 13.6. The van der Waals surface area contributed by atoms with Crippen molar-refractivity contribution in [3.05, 3.63) is 70.4 Å². The fourth-order valence-corrected chi connectivity index (χ4v) is 5.10. The van der Waals surface area contributed by atoms with Crippen LogP contribution in [0.5, 0.6) is 11.5 Å². The first-order chi connectivity index (χ1) is 15.8. The Labute approximate surface area is 197 Å². The molecule has 3 rings (SSSR count). The molecular formula is C23H25N3O5S2. The van der Waals surface area contributed by atoms with Crippen molar-refractivity contribution in [1.29, 1.82) is 0 Å². The number of hydrogen-bond acceptors (Lipinski definition) is 7. The minimum absolute atomic E-state index is 0.0354. The number of carbonyl (C=O) groups excluding carboxylic acids is 1. The standard InChI is InChI=1S/C23H25N3O5S2/c1-16-7-9-18(10-8-16)26(15-23(27)25-24-17(2)22-6-5-13-32-22)33(28,29)19-11-12-20(30-3)21(14-19)31-4/h5-14H,15H2,1-4H3,(H,25,27)/b24-17+. The predicted molar refractivity (Wildman–Crippen MR) is 130 cm³/mol. The number of sulfonamides is 1. The Bertz CT molecular complexity index is 1240. The van der Waals surface area contributed by atoms with Gasteiger partial charge in [0.15, 0.2) is 11.5 Å². The first-order valence-electron chi connectivity index (χ1n) is 9.94. The molecule has 0 aliphatic carbocycles. The van der Waals surface area contributed by atoms with Crippen LogP contribution in [0, 0.1) is 6.92 Å². The van der Waals surface area contributed by atoms with Gasteiger partial charge in [-0.3, -0.25) is 9.10 Å². The van der Waals surface area contributed by atoms with Gasteiger partial charge in [0, 0.05) is 10.9 Å². The normalized spacial score (nSPS) is 11.7. The van der Waals surface area contributed by atoms with Crippen molar-refractivity contribution in [3.63, 3.8) is 0 Å². The van der Waals surface area contributed by atoms with E-state index in [2.05, 4.69) is 10.5 Å². The van der Waals surface area contributed by atoms with Crippen LogP contribution in [0.1, 0.15) is 17.4 Å². The van der Waals surface area contributed by atoms with E-state index in [4.69, 9.17) is 9.47 Å². The molecule has 1 N–H and O–H groups in total. The van der Waals surface area contributed by atoms with E-state index in [0.29, 0.717) is 17.1 Å². The Balaban J connectivity index is 1.93. The van der Waals surface area contributed by atoms with Crippen molar-refractivity contribution >= 4 is 38.7 Å². The van der Waals surface area contributed by atoms with Crippen molar-refractivity contribution in [2.24, 2.45) is 5.10 Å². The lowest BCUT2D eigenvalue weighted by Crippen LogP contribution is -2.39. The Hall–Kier alpha value is -3.37. The number of nitrogens with one attached hydrogen (secondary N) is 1. The average Bonchev–Trinajstić information content (AvgIpc) is 3.36. The smallest absolute Gasteiger partial charge is 0.264 e. The molecule has 0 fully saturated rings. The van der Waals surface area contributed by atoms with Crippen LogP contribution in [-0.4, -0.2) is 40.8 Å². The van der Waals surface area contributed by atoms with E-state index in [-0.39, 0.29) is 10.6 Å². The van der Waals surface area contributed by atoms with Gasteiger partial charge in [0.1, 0.15) is 6.54 Å². The third-order valence-corrected chi connectivity index (χ3v) is 7.53. The van der Waals surface area contributed by atoms with Crippen LogP contribution in [0.3, 0.4) is 0 Å². The number of thiophene rings is 1. The SMILES string of the molecule is COc1ccc(S(=O)(=O)N(CC(=O)N/N=C(\C)c2cccs2)c2ccc(C)cc2)cc1OC. The molecule has 0 unspecified atom stereocenters. The minimum atomic E-state index is -4.11. The zero-order chi connectivity index (χ0) is 24.0. The Morgan fingerprint density at radius 3 is 2.36 bits per heavy atom. The molecule has 0 bridgehead atoms. The largest absolute Gasteiger partial charge is 0.493 e. The van der Waals surface area contributed by atoms with E-state index in [1.54, 1.807) is 31.2 Å². The molecule has 174 valence electrons. The van der Waals surface area contributed by atoms with Gasteiger partial charge in [-0.05, 0) is 49.6 Å². The van der Waals surface area contributed by atoms with Crippen molar-refractivity contribution in [1.82, 2.24) is 5.43 Å². The molecule has 0 saturated carbocycles. The summed E-state index contributed by atoms with van der Waals surface area (Å²) in [5.41, 5.74) is 4.39. The number of hydrazone groups is 1. The number of aryl methyl sites for hydroxylation is 1. The summed E-state index contributed by atoms with van der Waals surface area (Å²) in [6.07, 6.45) is 0. The Morgan fingerprint density at radius 1 is 1.06 bits per heavy atom. The maximum absolute atomic E-state index is 13.6. The second-order valence-corrected chi connectivity index (χ2v) is 9.88. The van der Waals surface area contributed by atoms with Crippen molar-refractivity contribution in [2.45, 2.75) is 18.7 Å². The fraction of sp³-hybridized carbons (Fsp3) is 0.217. The van der Waals surface area contributed by atoms with E-state index >= 15 is 0 Å². The Morgan fingerprint density at radius 2 is 1.76 bits per heavy atom. The van der Waals surface area contributed by atoms with E-state index in [9.17, 15) is 13.2 Å². The van der Waals surface area contributed by atoms with E-state index in [1.807, 2.05) is 24.4 Å². The number of ether oxygens (including phenoxy) is 2. The maximum Gasteiger partial charge on any atom is 0.264 e. The molecule has 10 heteroatoms. The first kappa shape index (κ1) is 24.3. The molecule has 0 saturated heterocycles. The molecule has 0 aliphatic rings. The highest BCUT2D eigenvalue weighted by Gasteiger charge is 2.28. The van der Waals surface area contributed by atoms with Crippen LogP contribution < -0.4 is 19.2 Å². The van der Waals surface area contributed by atoms with E-state index in [1.165, 1.54) is 43.8 Å². The zero-order valence-electron chi connectivity index (χ0n) is 18.7. The first-order valence-corrected chi connectivity index (χ1v) is 12.3. The molecule has 0 radical (unpaired) electrons.